The maximum absolute atomic E-state index is 12.9. The van der Waals surface area contributed by atoms with Crippen LogP contribution in [-0.4, -0.2) is 23.3 Å². The Morgan fingerprint density at radius 1 is 1.16 bits per heavy atom. The number of amides is 2. The van der Waals surface area contributed by atoms with Gasteiger partial charge >= 0.3 is 0 Å². The highest BCUT2D eigenvalue weighted by molar-refractivity contribution is 7.13. The summed E-state index contributed by atoms with van der Waals surface area (Å²) < 4.78 is 0. The van der Waals surface area contributed by atoms with E-state index in [9.17, 15) is 9.59 Å². The van der Waals surface area contributed by atoms with Gasteiger partial charge in [-0.05, 0) is 19.1 Å². The number of rotatable bonds is 2. The molecule has 3 aromatic rings. The minimum absolute atomic E-state index is 0.00671. The van der Waals surface area contributed by atoms with E-state index in [0.29, 0.717) is 17.1 Å². The molecule has 0 atom stereocenters. The number of aromatic nitrogens is 1. The van der Waals surface area contributed by atoms with E-state index in [4.69, 9.17) is 0 Å². The van der Waals surface area contributed by atoms with Gasteiger partial charge in [-0.1, -0.05) is 42.0 Å². The third-order valence-corrected chi connectivity index (χ3v) is 4.93. The first-order chi connectivity index (χ1) is 12.1. The van der Waals surface area contributed by atoms with Crippen LogP contribution in [0.1, 0.15) is 16.1 Å². The minimum Gasteiger partial charge on any atom is -0.323 e. The number of fused-ring (bicyclic) bond motifs is 1. The lowest BCUT2D eigenvalue weighted by molar-refractivity contribution is -0.115. The summed E-state index contributed by atoms with van der Waals surface area (Å²) in [5, 5.41) is 5.31. The molecule has 2 heterocycles. The van der Waals surface area contributed by atoms with Gasteiger partial charge in [-0.25, -0.2) is 4.98 Å². The number of nitrogens with zero attached hydrogens (tertiary/aromatic N) is 2. The molecule has 1 aliphatic heterocycles. The molecule has 0 radical (unpaired) electrons. The topological polar surface area (TPSA) is 62.3 Å². The van der Waals surface area contributed by atoms with Crippen molar-refractivity contribution in [1.82, 2.24) is 4.98 Å². The first-order valence-corrected chi connectivity index (χ1v) is 8.73. The van der Waals surface area contributed by atoms with Crippen LogP contribution in [0.25, 0.3) is 10.6 Å². The van der Waals surface area contributed by atoms with Crippen LogP contribution in [-0.2, 0) is 4.79 Å². The van der Waals surface area contributed by atoms with Gasteiger partial charge in [0.2, 0.25) is 5.91 Å². The van der Waals surface area contributed by atoms with Crippen LogP contribution in [0.2, 0.25) is 0 Å². The fourth-order valence-electron chi connectivity index (χ4n) is 2.75. The fourth-order valence-corrected chi connectivity index (χ4v) is 3.55. The third-order valence-electron chi connectivity index (χ3n) is 4.04. The minimum atomic E-state index is -0.267. The number of aryl methyl sites for hydroxylation is 1. The second kappa shape index (κ2) is 6.14. The molecule has 6 heteroatoms. The number of para-hydroxylation sites is 2. The van der Waals surface area contributed by atoms with E-state index in [-0.39, 0.29) is 18.4 Å². The van der Waals surface area contributed by atoms with Gasteiger partial charge in [0.05, 0.1) is 11.4 Å². The SMILES string of the molecule is Cc1ccc(-c2nc(C(=O)N3CC(=O)Nc4ccccc43)cs2)cc1. The Bertz CT molecular complexity index is 963. The summed E-state index contributed by atoms with van der Waals surface area (Å²) in [5.74, 6) is -0.474. The molecule has 0 saturated heterocycles. The van der Waals surface area contributed by atoms with Gasteiger partial charge in [0.1, 0.15) is 17.2 Å². The third kappa shape index (κ3) is 2.92. The van der Waals surface area contributed by atoms with Crippen molar-refractivity contribution in [3.63, 3.8) is 0 Å². The average molecular weight is 349 g/mol. The monoisotopic (exact) mass is 349 g/mol. The van der Waals surface area contributed by atoms with Crippen molar-refractivity contribution in [2.75, 3.05) is 16.8 Å². The van der Waals surface area contributed by atoms with E-state index in [1.165, 1.54) is 21.8 Å². The van der Waals surface area contributed by atoms with Gasteiger partial charge < -0.3 is 5.32 Å². The van der Waals surface area contributed by atoms with Crippen LogP contribution in [0, 0.1) is 6.92 Å². The van der Waals surface area contributed by atoms with Crippen LogP contribution in [0.4, 0.5) is 11.4 Å². The standard InChI is InChI=1S/C19H15N3O2S/c1-12-6-8-13(9-7-12)18-21-15(11-25-18)19(24)22-10-17(23)20-14-4-2-3-5-16(14)22/h2-9,11H,10H2,1H3,(H,20,23). The van der Waals surface area contributed by atoms with E-state index in [2.05, 4.69) is 10.3 Å². The zero-order chi connectivity index (χ0) is 17.4. The number of benzene rings is 2. The number of anilines is 2. The van der Waals surface area contributed by atoms with Crippen molar-refractivity contribution < 1.29 is 9.59 Å². The molecule has 0 spiro atoms. The van der Waals surface area contributed by atoms with Gasteiger partial charge in [0.25, 0.3) is 5.91 Å². The van der Waals surface area contributed by atoms with E-state index >= 15 is 0 Å². The lowest BCUT2D eigenvalue weighted by Crippen LogP contribution is -2.42. The van der Waals surface area contributed by atoms with Crippen molar-refractivity contribution in [3.05, 3.63) is 65.2 Å². The molecule has 2 amide bonds. The smallest absolute Gasteiger partial charge is 0.278 e. The second-order valence-corrected chi connectivity index (χ2v) is 6.72. The van der Waals surface area contributed by atoms with Crippen LogP contribution in [0.5, 0.6) is 0 Å². The Kier molecular flexibility index (Phi) is 3.82. The lowest BCUT2D eigenvalue weighted by Gasteiger charge is -2.28. The van der Waals surface area contributed by atoms with Crippen molar-refractivity contribution in [3.8, 4) is 10.6 Å². The van der Waals surface area contributed by atoms with E-state index in [1.807, 2.05) is 49.4 Å². The van der Waals surface area contributed by atoms with Crippen molar-refractivity contribution in [2.24, 2.45) is 0 Å². The summed E-state index contributed by atoms with van der Waals surface area (Å²) in [6.07, 6.45) is 0. The largest absolute Gasteiger partial charge is 0.323 e. The highest BCUT2D eigenvalue weighted by Gasteiger charge is 2.28. The summed E-state index contributed by atoms with van der Waals surface area (Å²) in [5.41, 5.74) is 3.84. The van der Waals surface area contributed by atoms with Crippen LogP contribution in [0.3, 0.4) is 0 Å². The predicted molar refractivity (Wildman–Crippen MR) is 99.0 cm³/mol. The van der Waals surface area contributed by atoms with E-state index < -0.39 is 0 Å². The van der Waals surface area contributed by atoms with Crippen molar-refractivity contribution in [2.45, 2.75) is 6.92 Å². The fraction of sp³-hybridized carbons (Fsp3) is 0.105. The molecule has 1 aromatic heterocycles. The molecule has 0 fully saturated rings. The normalized spacial score (nSPS) is 13.3. The van der Waals surface area contributed by atoms with Gasteiger partial charge in [-0.2, -0.15) is 0 Å². The Balaban J connectivity index is 1.66. The number of hydrogen-bond acceptors (Lipinski definition) is 4. The first-order valence-electron chi connectivity index (χ1n) is 7.85. The van der Waals surface area contributed by atoms with E-state index in [0.717, 1.165) is 10.6 Å². The summed E-state index contributed by atoms with van der Waals surface area (Å²) in [4.78, 5) is 30.8. The summed E-state index contributed by atoms with van der Waals surface area (Å²) in [7, 11) is 0. The molecule has 124 valence electrons. The molecule has 1 N–H and O–H groups in total. The Hall–Kier alpha value is -2.99. The maximum atomic E-state index is 12.9. The molecule has 1 aliphatic rings. The number of hydrogen-bond donors (Lipinski definition) is 1. The molecule has 2 aromatic carbocycles. The molecule has 4 rings (SSSR count). The van der Waals surface area contributed by atoms with Crippen molar-refractivity contribution in [1.29, 1.82) is 0 Å². The quantitative estimate of drug-likeness (QED) is 0.767. The molecule has 25 heavy (non-hydrogen) atoms. The molecular weight excluding hydrogens is 334 g/mol. The van der Waals surface area contributed by atoms with Crippen LogP contribution >= 0.6 is 11.3 Å². The Morgan fingerprint density at radius 3 is 2.72 bits per heavy atom. The van der Waals surface area contributed by atoms with Crippen molar-refractivity contribution >= 4 is 34.5 Å². The van der Waals surface area contributed by atoms with Gasteiger partial charge in [0.15, 0.2) is 0 Å². The van der Waals surface area contributed by atoms with E-state index in [1.54, 1.807) is 11.4 Å². The van der Waals surface area contributed by atoms with Crippen LogP contribution in [0.15, 0.2) is 53.9 Å². The van der Waals surface area contributed by atoms with Gasteiger partial charge in [0, 0.05) is 10.9 Å². The van der Waals surface area contributed by atoms with Crippen LogP contribution < -0.4 is 10.2 Å². The molecule has 0 unspecified atom stereocenters. The number of thiazole rings is 1. The number of carbonyl (C=O) groups excluding carboxylic acids is 2. The molecular formula is C19H15N3O2S. The lowest BCUT2D eigenvalue weighted by atomic mass is 10.1. The molecule has 0 bridgehead atoms. The Morgan fingerprint density at radius 2 is 1.92 bits per heavy atom. The summed E-state index contributed by atoms with van der Waals surface area (Å²) >= 11 is 1.42. The zero-order valence-electron chi connectivity index (χ0n) is 13.5. The maximum Gasteiger partial charge on any atom is 0.278 e. The zero-order valence-corrected chi connectivity index (χ0v) is 14.3. The van der Waals surface area contributed by atoms with Gasteiger partial charge in [-0.3, -0.25) is 14.5 Å². The highest BCUT2D eigenvalue weighted by atomic mass is 32.1. The molecule has 5 nitrogen and oxygen atoms in total. The summed E-state index contributed by atoms with van der Waals surface area (Å²) in [6.45, 7) is 2.02. The Labute approximate surface area is 148 Å². The predicted octanol–water partition coefficient (Wildman–Crippen LogP) is 3.72. The summed E-state index contributed by atoms with van der Waals surface area (Å²) in [6, 6.07) is 15.3. The first kappa shape index (κ1) is 15.5. The highest BCUT2D eigenvalue weighted by Crippen LogP contribution is 2.31. The number of nitrogens with one attached hydrogen (secondary N) is 1. The second-order valence-electron chi connectivity index (χ2n) is 5.86. The van der Waals surface area contributed by atoms with Gasteiger partial charge in [-0.15, -0.1) is 11.3 Å². The number of carbonyl (C=O) groups is 2. The average Bonchev–Trinajstić information content (AvgIpc) is 3.11. The molecule has 0 saturated carbocycles. The molecule has 0 aliphatic carbocycles.